The monoisotopic (exact) mass is 388 g/mol. The predicted octanol–water partition coefficient (Wildman–Crippen LogP) is 3.06. The standard InChI is InChI=1S/C20H28N4O2S/c1-14(2)24-27(25,26)13-18-7-5-17(6-8-18)12-22-20(21)23-19-10-15(3)9-16(4)11-19/h5-11,14,24H,12-13H2,1-4H3,(H3,21,22,23). The van der Waals surface area contributed by atoms with Crippen molar-refractivity contribution in [2.24, 2.45) is 10.7 Å². The normalized spacial score (nSPS) is 12.4. The van der Waals surface area contributed by atoms with E-state index in [4.69, 9.17) is 5.73 Å². The van der Waals surface area contributed by atoms with E-state index in [2.05, 4.69) is 21.1 Å². The van der Waals surface area contributed by atoms with Gasteiger partial charge in [0.25, 0.3) is 0 Å². The Balaban J connectivity index is 1.96. The number of anilines is 1. The summed E-state index contributed by atoms with van der Waals surface area (Å²) in [5, 5.41) is 3.09. The van der Waals surface area contributed by atoms with Gasteiger partial charge >= 0.3 is 0 Å². The minimum absolute atomic E-state index is 0.0366. The predicted molar refractivity (Wildman–Crippen MR) is 112 cm³/mol. The molecule has 0 aliphatic carbocycles. The Bertz CT molecular complexity index is 884. The van der Waals surface area contributed by atoms with E-state index in [1.165, 1.54) is 0 Å². The van der Waals surface area contributed by atoms with Crippen molar-refractivity contribution in [3.8, 4) is 0 Å². The highest BCUT2D eigenvalue weighted by atomic mass is 32.2. The largest absolute Gasteiger partial charge is 0.370 e. The fraction of sp³-hybridized carbons (Fsp3) is 0.350. The first-order valence-electron chi connectivity index (χ1n) is 8.86. The summed E-state index contributed by atoms with van der Waals surface area (Å²) in [4.78, 5) is 4.35. The Morgan fingerprint density at radius 2 is 1.59 bits per heavy atom. The van der Waals surface area contributed by atoms with Gasteiger partial charge in [-0.1, -0.05) is 30.3 Å². The number of sulfonamides is 1. The fourth-order valence-corrected chi connectivity index (χ4v) is 4.20. The van der Waals surface area contributed by atoms with E-state index >= 15 is 0 Å². The Labute approximate surface area is 162 Å². The number of nitrogens with two attached hydrogens (primary N) is 1. The number of benzene rings is 2. The van der Waals surface area contributed by atoms with Crippen LogP contribution in [0.1, 0.15) is 36.1 Å². The molecule has 0 fully saturated rings. The number of rotatable bonds is 7. The molecule has 0 amide bonds. The first-order valence-corrected chi connectivity index (χ1v) is 10.5. The number of aliphatic imine (C=N–C) groups is 1. The Morgan fingerprint density at radius 1 is 1.04 bits per heavy atom. The summed E-state index contributed by atoms with van der Waals surface area (Å²) in [6, 6.07) is 13.3. The van der Waals surface area contributed by atoms with Crippen molar-refractivity contribution in [3.63, 3.8) is 0 Å². The van der Waals surface area contributed by atoms with E-state index in [1.54, 1.807) is 26.0 Å². The molecule has 0 aromatic heterocycles. The zero-order chi connectivity index (χ0) is 20.0. The van der Waals surface area contributed by atoms with Crippen molar-refractivity contribution in [1.82, 2.24) is 4.72 Å². The van der Waals surface area contributed by atoms with E-state index in [9.17, 15) is 8.42 Å². The molecule has 7 heteroatoms. The highest BCUT2D eigenvalue weighted by Gasteiger charge is 2.12. The number of nitrogens with one attached hydrogen (secondary N) is 2. The molecule has 2 aromatic carbocycles. The fourth-order valence-electron chi connectivity index (χ4n) is 2.77. The molecule has 0 atom stereocenters. The minimum Gasteiger partial charge on any atom is -0.370 e. The highest BCUT2D eigenvalue weighted by molar-refractivity contribution is 7.88. The Morgan fingerprint density at radius 3 is 2.15 bits per heavy atom. The molecule has 4 N–H and O–H groups in total. The molecule has 0 spiro atoms. The molecule has 0 unspecified atom stereocenters. The third-order valence-electron chi connectivity index (χ3n) is 3.72. The van der Waals surface area contributed by atoms with Gasteiger partial charge in [-0.05, 0) is 62.1 Å². The molecule has 0 heterocycles. The average molecular weight is 389 g/mol. The van der Waals surface area contributed by atoms with Gasteiger partial charge in [0.1, 0.15) is 0 Å². The van der Waals surface area contributed by atoms with E-state index in [0.717, 1.165) is 27.9 Å². The van der Waals surface area contributed by atoms with Crippen LogP contribution >= 0.6 is 0 Å². The summed E-state index contributed by atoms with van der Waals surface area (Å²) in [7, 11) is -3.32. The van der Waals surface area contributed by atoms with Crippen LogP contribution in [-0.2, 0) is 22.3 Å². The number of guanidine groups is 1. The molecule has 0 aliphatic rings. The summed E-state index contributed by atoms with van der Waals surface area (Å²) >= 11 is 0. The molecule has 0 aliphatic heterocycles. The van der Waals surface area contributed by atoms with Crippen molar-refractivity contribution in [2.45, 2.75) is 46.0 Å². The maximum Gasteiger partial charge on any atom is 0.216 e. The van der Waals surface area contributed by atoms with Crippen LogP contribution in [-0.4, -0.2) is 20.4 Å². The molecule has 6 nitrogen and oxygen atoms in total. The quantitative estimate of drug-likeness (QED) is 0.502. The van der Waals surface area contributed by atoms with Gasteiger partial charge in [0.05, 0.1) is 12.3 Å². The molecule has 0 saturated carbocycles. The third kappa shape index (κ3) is 7.40. The SMILES string of the molecule is Cc1cc(C)cc(NC(N)=NCc2ccc(CS(=O)(=O)NC(C)C)cc2)c1. The van der Waals surface area contributed by atoms with Gasteiger partial charge in [0.2, 0.25) is 10.0 Å². The lowest BCUT2D eigenvalue weighted by atomic mass is 10.1. The smallest absolute Gasteiger partial charge is 0.216 e. The van der Waals surface area contributed by atoms with Crippen LogP contribution in [0.3, 0.4) is 0 Å². The zero-order valence-electron chi connectivity index (χ0n) is 16.3. The molecular formula is C20H28N4O2S. The Hall–Kier alpha value is -2.38. The van der Waals surface area contributed by atoms with Gasteiger partial charge in [-0.3, -0.25) is 0 Å². The van der Waals surface area contributed by atoms with Crippen molar-refractivity contribution in [2.75, 3.05) is 5.32 Å². The van der Waals surface area contributed by atoms with E-state index < -0.39 is 10.0 Å². The minimum atomic E-state index is -3.32. The molecule has 2 rings (SSSR count). The van der Waals surface area contributed by atoms with E-state index in [-0.39, 0.29) is 11.8 Å². The number of nitrogens with zero attached hydrogens (tertiary/aromatic N) is 1. The molecule has 146 valence electrons. The van der Waals surface area contributed by atoms with Gasteiger partial charge in [0, 0.05) is 11.7 Å². The average Bonchev–Trinajstić information content (AvgIpc) is 2.51. The molecule has 0 saturated heterocycles. The van der Waals surface area contributed by atoms with Crippen molar-refractivity contribution in [3.05, 3.63) is 64.7 Å². The summed E-state index contributed by atoms with van der Waals surface area (Å²) in [5.74, 6) is 0.304. The van der Waals surface area contributed by atoms with E-state index in [1.807, 2.05) is 38.1 Å². The summed E-state index contributed by atoms with van der Waals surface area (Å²) in [6.45, 7) is 8.08. The van der Waals surface area contributed by atoms with Crippen LogP contribution in [0.15, 0.2) is 47.5 Å². The van der Waals surface area contributed by atoms with Gasteiger partial charge in [-0.25, -0.2) is 18.1 Å². The summed E-state index contributed by atoms with van der Waals surface area (Å²) in [5.41, 5.74) is 10.9. The third-order valence-corrected chi connectivity index (χ3v) is 5.26. The van der Waals surface area contributed by atoms with Gasteiger partial charge < -0.3 is 11.1 Å². The lowest BCUT2D eigenvalue weighted by molar-refractivity contribution is 0.569. The van der Waals surface area contributed by atoms with Crippen LogP contribution in [0.5, 0.6) is 0 Å². The molecular weight excluding hydrogens is 360 g/mol. The van der Waals surface area contributed by atoms with Gasteiger partial charge in [-0.15, -0.1) is 0 Å². The topological polar surface area (TPSA) is 96.6 Å². The second kappa shape index (κ2) is 9.01. The van der Waals surface area contributed by atoms with Crippen LogP contribution in [0.2, 0.25) is 0 Å². The Kier molecular flexibility index (Phi) is 6.98. The molecule has 2 aromatic rings. The first kappa shape index (κ1) is 20.9. The second-order valence-corrected chi connectivity index (χ2v) is 8.80. The molecule has 27 heavy (non-hydrogen) atoms. The van der Waals surface area contributed by atoms with Crippen molar-refractivity contribution < 1.29 is 8.42 Å². The summed E-state index contributed by atoms with van der Waals surface area (Å²) < 4.78 is 26.5. The number of hydrogen-bond acceptors (Lipinski definition) is 3. The number of hydrogen-bond donors (Lipinski definition) is 3. The zero-order valence-corrected chi connectivity index (χ0v) is 17.1. The van der Waals surface area contributed by atoms with Crippen molar-refractivity contribution >= 4 is 21.7 Å². The van der Waals surface area contributed by atoms with Crippen LogP contribution < -0.4 is 15.8 Å². The van der Waals surface area contributed by atoms with Gasteiger partial charge in [-0.2, -0.15) is 0 Å². The highest BCUT2D eigenvalue weighted by Crippen LogP contribution is 2.14. The van der Waals surface area contributed by atoms with Crippen molar-refractivity contribution in [1.29, 1.82) is 0 Å². The maximum absolute atomic E-state index is 12.0. The lowest BCUT2D eigenvalue weighted by Gasteiger charge is -2.10. The van der Waals surface area contributed by atoms with Crippen LogP contribution in [0, 0.1) is 13.8 Å². The van der Waals surface area contributed by atoms with Gasteiger partial charge in [0.15, 0.2) is 5.96 Å². The van der Waals surface area contributed by atoms with E-state index in [0.29, 0.717) is 12.5 Å². The maximum atomic E-state index is 12.0. The molecule has 0 radical (unpaired) electrons. The number of aryl methyl sites for hydroxylation is 2. The first-order chi connectivity index (χ1) is 12.6. The van der Waals surface area contributed by atoms with Crippen LogP contribution in [0.25, 0.3) is 0 Å². The molecule has 0 bridgehead atoms. The summed E-state index contributed by atoms with van der Waals surface area (Å²) in [6.07, 6.45) is 0. The van der Waals surface area contributed by atoms with Crippen LogP contribution in [0.4, 0.5) is 5.69 Å². The second-order valence-electron chi connectivity index (χ2n) is 7.05. The lowest BCUT2D eigenvalue weighted by Crippen LogP contribution is -2.31.